The average molecular weight is 512 g/mol. The van der Waals surface area contributed by atoms with E-state index >= 15 is 0 Å². The van der Waals surface area contributed by atoms with E-state index in [9.17, 15) is 14.4 Å². The smallest absolute Gasteiger partial charge is 0.180 e. The van der Waals surface area contributed by atoms with Crippen LogP contribution >= 0.6 is 15.9 Å². The fraction of sp³-hybridized carbons (Fsp3) is 0.207. The molecule has 0 N–H and O–H groups in total. The number of ketones is 3. The maximum atomic E-state index is 14.3. The molecule has 3 aromatic carbocycles. The lowest BCUT2D eigenvalue weighted by atomic mass is 9.64. The van der Waals surface area contributed by atoms with E-state index in [2.05, 4.69) is 22.0 Å². The van der Waals surface area contributed by atoms with Gasteiger partial charge in [-0.2, -0.15) is 0 Å². The molecule has 3 aromatic rings. The van der Waals surface area contributed by atoms with E-state index in [1.807, 2.05) is 60.4 Å². The lowest BCUT2D eigenvalue weighted by Gasteiger charge is -2.37. The molecule has 1 saturated heterocycles. The van der Waals surface area contributed by atoms with Crippen molar-refractivity contribution in [2.75, 3.05) is 4.90 Å². The maximum Gasteiger partial charge on any atom is 0.180 e. The van der Waals surface area contributed by atoms with Crippen LogP contribution in [0.15, 0.2) is 77.3 Å². The lowest BCUT2D eigenvalue weighted by Crippen LogP contribution is -2.48. The standard InChI is InChI=1S/C29H22BrNO3/c1-16-7-13-23-19(15-16)10-14-24-29(27(33)21-5-3-4-6-22(21)28(29)34)25(26(17(2)32)31(23)24)18-8-11-20(30)12-9-18/h3-15,24-26H,1-2H3/t24-,25+,26+/m1/s1. The summed E-state index contributed by atoms with van der Waals surface area (Å²) in [5.74, 6) is -1.07. The summed E-state index contributed by atoms with van der Waals surface area (Å²) in [5, 5.41) is 0. The second kappa shape index (κ2) is 7.34. The fourth-order valence-corrected chi connectivity index (χ4v) is 6.56. The van der Waals surface area contributed by atoms with Crippen LogP contribution < -0.4 is 4.90 Å². The van der Waals surface area contributed by atoms with Gasteiger partial charge in [-0.05, 0) is 49.2 Å². The van der Waals surface area contributed by atoms with Crippen molar-refractivity contribution in [3.05, 3.63) is 105 Å². The fourth-order valence-electron chi connectivity index (χ4n) is 6.29. The zero-order valence-electron chi connectivity index (χ0n) is 18.8. The van der Waals surface area contributed by atoms with Gasteiger partial charge in [-0.3, -0.25) is 14.4 Å². The van der Waals surface area contributed by atoms with Gasteiger partial charge in [0, 0.05) is 27.2 Å². The Morgan fingerprint density at radius 1 is 0.941 bits per heavy atom. The molecule has 0 unspecified atom stereocenters. The molecule has 5 heteroatoms. The molecule has 4 nitrogen and oxygen atoms in total. The number of rotatable bonds is 2. The quantitative estimate of drug-likeness (QED) is 0.409. The predicted molar refractivity (Wildman–Crippen MR) is 135 cm³/mol. The molecular formula is C29H22BrNO3. The first-order valence-corrected chi connectivity index (χ1v) is 12.2. The number of carbonyl (C=O) groups is 3. The van der Waals surface area contributed by atoms with Crippen LogP contribution in [0.25, 0.3) is 6.08 Å². The summed E-state index contributed by atoms with van der Waals surface area (Å²) >= 11 is 3.49. The monoisotopic (exact) mass is 511 g/mol. The van der Waals surface area contributed by atoms with Crippen molar-refractivity contribution in [1.29, 1.82) is 0 Å². The number of fused-ring (bicyclic) bond motifs is 5. The highest BCUT2D eigenvalue weighted by Crippen LogP contribution is 2.60. The van der Waals surface area contributed by atoms with Gasteiger partial charge in [0.25, 0.3) is 0 Å². The van der Waals surface area contributed by atoms with Crippen molar-refractivity contribution in [2.45, 2.75) is 31.8 Å². The summed E-state index contributed by atoms with van der Waals surface area (Å²) in [6.45, 7) is 3.59. The molecule has 0 bridgehead atoms. The number of hydrogen-bond donors (Lipinski definition) is 0. The molecule has 1 fully saturated rings. The SMILES string of the molecule is CC(=O)[C@H]1[C@H](c2ccc(Br)cc2)C2(C(=O)c3ccccc3C2=O)[C@H]2C=Cc3cc(C)ccc3N12. The molecule has 3 aliphatic rings. The van der Waals surface area contributed by atoms with Crippen molar-refractivity contribution < 1.29 is 14.4 Å². The number of hydrogen-bond acceptors (Lipinski definition) is 4. The third-order valence-corrected chi connectivity index (χ3v) is 8.13. The van der Waals surface area contributed by atoms with Crippen LogP contribution in [0.3, 0.4) is 0 Å². The minimum atomic E-state index is -1.41. The van der Waals surface area contributed by atoms with Crippen LogP contribution in [0.5, 0.6) is 0 Å². The van der Waals surface area contributed by atoms with E-state index in [-0.39, 0.29) is 17.3 Å². The second-order valence-electron chi connectivity index (χ2n) is 9.43. The summed E-state index contributed by atoms with van der Waals surface area (Å²) in [6, 6.07) is 19.6. The Hall–Kier alpha value is -3.31. The van der Waals surface area contributed by atoms with Crippen molar-refractivity contribution in [3.63, 3.8) is 0 Å². The Labute approximate surface area is 206 Å². The zero-order chi connectivity index (χ0) is 23.8. The summed E-state index contributed by atoms with van der Waals surface area (Å²) in [6.07, 6.45) is 3.95. The van der Waals surface area contributed by atoms with Crippen LogP contribution in [0.4, 0.5) is 5.69 Å². The van der Waals surface area contributed by atoms with Crippen LogP contribution in [-0.4, -0.2) is 29.4 Å². The van der Waals surface area contributed by atoms with Gasteiger partial charge in [0.1, 0.15) is 5.41 Å². The van der Waals surface area contributed by atoms with Crippen molar-refractivity contribution in [1.82, 2.24) is 0 Å². The van der Waals surface area contributed by atoms with E-state index in [1.54, 1.807) is 31.2 Å². The van der Waals surface area contributed by atoms with Gasteiger partial charge in [0.05, 0.1) is 12.1 Å². The van der Waals surface area contributed by atoms with Crippen molar-refractivity contribution in [3.8, 4) is 0 Å². The number of anilines is 1. The summed E-state index contributed by atoms with van der Waals surface area (Å²) in [5.41, 5.74) is 3.28. The lowest BCUT2D eigenvalue weighted by molar-refractivity contribution is -0.118. The third-order valence-electron chi connectivity index (χ3n) is 7.60. The van der Waals surface area contributed by atoms with Crippen LogP contribution in [0.1, 0.15) is 50.2 Å². The van der Waals surface area contributed by atoms with Crippen molar-refractivity contribution in [2.24, 2.45) is 5.41 Å². The third kappa shape index (κ3) is 2.62. The number of Topliss-reactive ketones (excluding diaryl/α,β-unsaturated/α-hetero) is 3. The molecule has 168 valence electrons. The summed E-state index contributed by atoms with van der Waals surface area (Å²) in [4.78, 5) is 43.9. The van der Waals surface area contributed by atoms with E-state index < -0.39 is 23.4 Å². The highest BCUT2D eigenvalue weighted by atomic mass is 79.9. The number of halogens is 1. The van der Waals surface area contributed by atoms with Gasteiger partial charge in [0.15, 0.2) is 17.3 Å². The number of carbonyl (C=O) groups excluding carboxylic acids is 3. The Bertz CT molecular complexity index is 1390. The minimum absolute atomic E-state index is 0.0619. The minimum Gasteiger partial charge on any atom is -0.352 e. The first-order valence-electron chi connectivity index (χ1n) is 11.4. The molecule has 3 atom stereocenters. The van der Waals surface area contributed by atoms with Gasteiger partial charge in [-0.15, -0.1) is 0 Å². The van der Waals surface area contributed by atoms with E-state index in [0.717, 1.165) is 26.9 Å². The zero-order valence-corrected chi connectivity index (χ0v) is 20.4. The molecule has 1 aliphatic carbocycles. The highest BCUT2D eigenvalue weighted by Gasteiger charge is 2.71. The summed E-state index contributed by atoms with van der Waals surface area (Å²) < 4.78 is 0.897. The largest absolute Gasteiger partial charge is 0.352 e. The van der Waals surface area contributed by atoms with Gasteiger partial charge in [-0.1, -0.05) is 76.1 Å². The van der Waals surface area contributed by atoms with Gasteiger partial charge < -0.3 is 4.90 Å². The molecule has 0 amide bonds. The molecule has 0 saturated carbocycles. The normalized spacial score (nSPS) is 23.7. The number of benzene rings is 3. The molecule has 2 aliphatic heterocycles. The average Bonchev–Trinajstić information content (AvgIpc) is 3.26. The van der Waals surface area contributed by atoms with Crippen LogP contribution in [0, 0.1) is 12.3 Å². The molecule has 2 heterocycles. The number of nitrogens with zero attached hydrogens (tertiary/aromatic N) is 1. The summed E-state index contributed by atoms with van der Waals surface area (Å²) in [7, 11) is 0. The molecule has 0 aromatic heterocycles. The van der Waals surface area contributed by atoms with Gasteiger partial charge in [0.2, 0.25) is 0 Å². The first-order chi connectivity index (χ1) is 16.4. The first kappa shape index (κ1) is 21.2. The van der Waals surface area contributed by atoms with Gasteiger partial charge in [-0.25, -0.2) is 0 Å². The van der Waals surface area contributed by atoms with E-state index in [1.165, 1.54) is 0 Å². The molecule has 6 rings (SSSR count). The highest BCUT2D eigenvalue weighted by molar-refractivity contribution is 9.10. The Morgan fingerprint density at radius 2 is 1.59 bits per heavy atom. The van der Waals surface area contributed by atoms with Crippen molar-refractivity contribution >= 4 is 45.0 Å². The molecule has 1 spiro atoms. The predicted octanol–water partition coefficient (Wildman–Crippen LogP) is 5.78. The maximum absolute atomic E-state index is 14.3. The van der Waals surface area contributed by atoms with E-state index in [4.69, 9.17) is 0 Å². The van der Waals surface area contributed by atoms with Crippen LogP contribution in [-0.2, 0) is 4.79 Å². The molecular weight excluding hydrogens is 490 g/mol. The number of aryl methyl sites for hydroxylation is 1. The van der Waals surface area contributed by atoms with Gasteiger partial charge >= 0.3 is 0 Å². The second-order valence-corrected chi connectivity index (χ2v) is 10.3. The Balaban J connectivity index is 1.68. The van der Waals surface area contributed by atoms with E-state index in [0.29, 0.717) is 11.1 Å². The Morgan fingerprint density at radius 3 is 2.21 bits per heavy atom. The molecule has 0 radical (unpaired) electrons. The Kier molecular flexibility index (Phi) is 4.59. The van der Waals surface area contributed by atoms with Crippen LogP contribution in [0.2, 0.25) is 0 Å². The molecule has 34 heavy (non-hydrogen) atoms. The topological polar surface area (TPSA) is 54.5 Å².